The number of benzene rings is 2. The van der Waals surface area contributed by atoms with Crippen LogP contribution in [0.15, 0.2) is 48.5 Å². The molecular formula is C19H18N2O3. The minimum absolute atomic E-state index is 0.0893. The van der Waals surface area contributed by atoms with E-state index in [1.165, 1.54) is 0 Å². The summed E-state index contributed by atoms with van der Waals surface area (Å²) in [7, 11) is 0. The van der Waals surface area contributed by atoms with Crippen molar-refractivity contribution < 1.29 is 14.4 Å². The molecule has 2 aromatic rings. The van der Waals surface area contributed by atoms with Crippen LogP contribution in [0.25, 0.3) is 0 Å². The maximum absolute atomic E-state index is 12.2. The first-order chi connectivity index (χ1) is 11.6. The van der Waals surface area contributed by atoms with Crippen LogP contribution in [-0.2, 0) is 11.3 Å². The summed E-state index contributed by atoms with van der Waals surface area (Å²) in [6.45, 7) is 2.52. The van der Waals surface area contributed by atoms with Crippen LogP contribution >= 0.6 is 0 Å². The molecule has 3 amide bonds. The van der Waals surface area contributed by atoms with Gasteiger partial charge in [0.1, 0.15) is 0 Å². The second-order valence-electron chi connectivity index (χ2n) is 5.82. The highest BCUT2D eigenvalue weighted by molar-refractivity contribution is 6.21. The molecule has 0 unspecified atom stereocenters. The van der Waals surface area contributed by atoms with E-state index in [0.717, 1.165) is 16.0 Å². The zero-order valence-electron chi connectivity index (χ0n) is 13.4. The summed E-state index contributed by atoms with van der Waals surface area (Å²) >= 11 is 0. The Morgan fingerprint density at radius 2 is 1.67 bits per heavy atom. The highest BCUT2D eigenvalue weighted by Gasteiger charge is 2.34. The third-order valence-electron chi connectivity index (χ3n) is 4.01. The van der Waals surface area contributed by atoms with Crippen molar-refractivity contribution >= 4 is 17.7 Å². The monoisotopic (exact) mass is 322 g/mol. The molecule has 0 aliphatic carbocycles. The number of aryl methyl sites for hydroxylation is 1. The standard InChI is InChI=1S/C19H18N2O3/c1-13-5-4-6-14(11-13)12-20-17(22)9-10-21-18(23)15-7-2-3-8-16(15)19(21)24/h2-8,11H,9-10,12H2,1H3,(H,20,22). The Morgan fingerprint density at radius 1 is 1.00 bits per heavy atom. The highest BCUT2D eigenvalue weighted by Crippen LogP contribution is 2.22. The Labute approximate surface area is 140 Å². The first-order valence-electron chi connectivity index (χ1n) is 7.84. The van der Waals surface area contributed by atoms with Crippen molar-refractivity contribution in [3.8, 4) is 0 Å². The molecule has 0 aromatic heterocycles. The van der Waals surface area contributed by atoms with E-state index in [1.807, 2.05) is 31.2 Å². The van der Waals surface area contributed by atoms with Crippen LogP contribution in [0.1, 0.15) is 38.3 Å². The molecule has 1 heterocycles. The number of nitrogens with zero attached hydrogens (tertiary/aromatic N) is 1. The topological polar surface area (TPSA) is 66.5 Å². The van der Waals surface area contributed by atoms with Gasteiger partial charge in [0.2, 0.25) is 5.91 Å². The molecule has 0 bridgehead atoms. The molecule has 2 aromatic carbocycles. The zero-order chi connectivity index (χ0) is 17.1. The Balaban J connectivity index is 1.54. The summed E-state index contributed by atoms with van der Waals surface area (Å²) in [5.41, 5.74) is 2.96. The van der Waals surface area contributed by atoms with Gasteiger partial charge in [-0.1, -0.05) is 42.0 Å². The predicted octanol–water partition coefficient (Wildman–Crippen LogP) is 2.30. The van der Waals surface area contributed by atoms with Gasteiger partial charge < -0.3 is 5.32 Å². The molecule has 122 valence electrons. The maximum atomic E-state index is 12.2. The summed E-state index contributed by atoms with van der Waals surface area (Å²) in [5, 5.41) is 2.81. The van der Waals surface area contributed by atoms with E-state index in [0.29, 0.717) is 17.7 Å². The molecule has 0 atom stereocenters. The quantitative estimate of drug-likeness (QED) is 0.859. The first kappa shape index (κ1) is 15.9. The van der Waals surface area contributed by atoms with Crippen LogP contribution in [0.4, 0.5) is 0 Å². The fraction of sp³-hybridized carbons (Fsp3) is 0.211. The number of rotatable bonds is 5. The summed E-state index contributed by atoms with van der Waals surface area (Å²) < 4.78 is 0. The van der Waals surface area contributed by atoms with Gasteiger partial charge in [0.25, 0.3) is 11.8 Å². The number of hydrogen-bond acceptors (Lipinski definition) is 3. The second-order valence-corrected chi connectivity index (χ2v) is 5.82. The van der Waals surface area contributed by atoms with Gasteiger partial charge >= 0.3 is 0 Å². The minimum atomic E-state index is -0.331. The van der Waals surface area contributed by atoms with Crippen molar-refractivity contribution in [1.29, 1.82) is 0 Å². The third kappa shape index (κ3) is 3.20. The highest BCUT2D eigenvalue weighted by atomic mass is 16.2. The van der Waals surface area contributed by atoms with Gasteiger partial charge in [0, 0.05) is 19.5 Å². The predicted molar refractivity (Wildman–Crippen MR) is 89.5 cm³/mol. The molecular weight excluding hydrogens is 304 g/mol. The lowest BCUT2D eigenvalue weighted by Gasteiger charge is -2.13. The summed E-state index contributed by atoms with van der Waals surface area (Å²) in [4.78, 5) is 37.5. The minimum Gasteiger partial charge on any atom is -0.352 e. The van der Waals surface area contributed by atoms with Gasteiger partial charge in [-0.3, -0.25) is 19.3 Å². The first-order valence-corrected chi connectivity index (χ1v) is 7.84. The number of carbonyl (C=O) groups is 3. The molecule has 0 spiro atoms. The molecule has 1 aliphatic heterocycles. The van der Waals surface area contributed by atoms with Crippen LogP contribution in [0.2, 0.25) is 0 Å². The fourth-order valence-corrected chi connectivity index (χ4v) is 2.77. The molecule has 5 heteroatoms. The molecule has 0 radical (unpaired) electrons. The van der Waals surface area contributed by atoms with E-state index in [-0.39, 0.29) is 30.7 Å². The third-order valence-corrected chi connectivity index (χ3v) is 4.01. The zero-order valence-corrected chi connectivity index (χ0v) is 13.4. The van der Waals surface area contributed by atoms with Gasteiger partial charge in [0.05, 0.1) is 11.1 Å². The second kappa shape index (κ2) is 6.66. The van der Waals surface area contributed by atoms with Crippen LogP contribution < -0.4 is 5.32 Å². The van der Waals surface area contributed by atoms with E-state index < -0.39 is 0 Å². The van der Waals surface area contributed by atoms with Gasteiger partial charge in [-0.05, 0) is 24.6 Å². The normalized spacial score (nSPS) is 13.1. The Hall–Kier alpha value is -2.95. The number of fused-ring (bicyclic) bond motifs is 1. The molecule has 1 N–H and O–H groups in total. The molecule has 0 saturated heterocycles. The van der Waals surface area contributed by atoms with Crippen LogP contribution in [0, 0.1) is 6.92 Å². The summed E-state index contributed by atoms with van der Waals surface area (Å²) in [5.74, 6) is -0.850. The van der Waals surface area contributed by atoms with E-state index in [2.05, 4.69) is 5.32 Å². The number of hydrogen-bond donors (Lipinski definition) is 1. The molecule has 0 saturated carbocycles. The van der Waals surface area contributed by atoms with Crippen molar-refractivity contribution in [2.45, 2.75) is 19.9 Å². The number of carbonyl (C=O) groups excluding carboxylic acids is 3. The van der Waals surface area contributed by atoms with Crippen LogP contribution in [0.5, 0.6) is 0 Å². The molecule has 3 rings (SSSR count). The van der Waals surface area contributed by atoms with E-state index in [9.17, 15) is 14.4 Å². The Bertz CT molecular complexity index is 779. The van der Waals surface area contributed by atoms with Crippen LogP contribution in [-0.4, -0.2) is 29.2 Å². The Kier molecular flexibility index (Phi) is 4.42. The maximum Gasteiger partial charge on any atom is 0.261 e. The van der Waals surface area contributed by atoms with E-state index >= 15 is 0 Å². The van der Waals surface area contributed by atoms with Crippen molar-refractivity contribution in [2.24, 2.45) is 0 Å². The van der Waals surface area contributed by atoms with E-state index in [1.54, 1.807) is 24.3 Å². The van der Waals surface area contributed by atoms with Gasteiger partial charge in [-0.15, -0.1) is 0 Å². The molecule has 1 aliphatic rings. The summed E-state index contributed by atoms with van der Waals surface area (Å²) in [6.07, 6.45) is 0.0945. The lowest BCUT2D eigenvalue weighted by atomic mass is 10.1. The number of amides is 3. The van der Waals surface area contributed by atoms with Crippen molar-refractivity contribution in [2.75, 3.05) is 6.54 Å². The number of imide groups is 1. The number of nitrogens with one attached hydrogen (secondary N) is 1. The smallest absolute Gasteiger partial charge is 0.261 e. The fourth-order valence-electron chi connectivity index (χ4n) is 2.77. The van der Waals surface area contributed by atoms with Crippen molar-refractivity contribution in [1.82, 2.24) is 10.2 Å². The Morgan fingerprint density at radius 3 is 2.29 bits per heavy atom. The van der Waals surface area contributed by atoms with Gasteiger partial charge in [-0.2, -0.15) is 0 Å². The summed E-state index contributed by atoms with van der Waals surface area (Å²) in [6, 6.07) is 14.6. The van der Waals surface area contributed by atoms with Crippen molar-refractivity contribution in [3.05, 3.63) is 70.8 Å². The lowest BCUT2D eigenvalue weighted by Crippen LogP contribution is -2.34. The van der Waals surface area contributed by atoms with Crippen molar-refractivity contribution in [3.63, 3.8) is 0 Å². The lowest BCUT2D eigenvalue weighted by molar-refractivity contribution is -0.121. The molecule has 5 nitrogen and oxygen atoms in total. The molecule has 0 fully saturated rings. The molecule has 24 heavy (non-hydrogen) atoms. The average molecular weight is 322 g/mol. The largest absolute Gasteiger partial charge is 0.352 e. The van der Waals surface area contributed by atoms with E-state index in [4.69, 9.17) is 0 Å². The van der Waals surface area contributed by atoms with Crippen LogP contribution in [0.3, 0.4) is 0 Å². The average Bonchev–Trinajstić information content (AvgIpc) is 2.83. The SMILES string of the molecule is Cc1cccc(CNC(=O)CCN2C(=O)c3ccccc3C2=O)c1. The van der Waals surface area contributed by atoms with Gasteiger partial charge in [0.15, 0.2) is 0 Å². The van der Waals surface area contributed by atoms with Gasteiger partial charge in [-0.25, -0.2) is 0 Å².